The minimum Gasteiger partial charge on any atom is -0.468 e. The minimum atomic E-state index is -0.550. The van der Waals surface area contributed by atoms with Crippen molar-refractivity contribution in [2.45, 2.75) is 52.0 Å². The fourth-order valence-corrected chi connectivity index (χ4v) is 2.88. The molecule has 112 valence electrons. The van der Waals surface area contributed by atoms with Crippen LogP contribution in [0.1, 0.15) is 46.5 Å². The van der Waals surface area contributed by atoms with Gasteiger partial charge in [0.05, 0.1) is 7.11 Å². The lowest BCUT2D eigenvalue weighted by Crippen LogP contribution is -2.52. The van der Waals surface area contributed by atoms with E-state index in [9.17, 15) is 4.79 Å². The van der Waals surface area contributed by atoms with Crippen LogP contribution in [0.15, 0.2) is 0 Å². The summed E-state index contributed by atoms with van der Waals surface area (Å²) in [4.78, 5) is 14.4. The first kappa shape index (κ1) is 16.4. The molecule has 0 aliphatic carbocycles. The fraction of sp³-hybridized carbons (Fsp3) is 0.933. The highest BCUT2D eigenvalue weighted by Crippen LogP contribution is 2.21. The minimum absolute atomic E-state index is 0.155. The van der Waals surface area contributed by atoms with Crippen molar-refractivity contribution in [3.8, 4) is 0 Å². The molecule has 1 unspecified atom stereocenters. The number of piperidine rings is 1. The van der Waals surface area contributed by atoms with Crippen LogP contribution in [0.5, 0.6) is 0 Å². The summed E-state index contributed by atoms with van der Waals surface area (Å²) in [6.07, 6.45) is 4.70. The molecule has 0 aromatic heterocycles. The predicted molar refractivity (Wildman–Crippen MR) is 78.2 cm³/mol. The van der Waals surface area contributed by atoms with E-state index in [1.54, 1.807) is 0 Å². The molecule has 0 spiro atoms. The molecular formula is C15H30N2O2. The zero-order valence-electron chi connectivity index (χ0n) is 13.0. The molecule has 4 heteroatoms. The van der Waals surface area contributed by atoms with E-state index >= 15 is 0 Å². The number of carbonyl (C=O) groups excluding carboxylic acids is 1. The Labute approximate surface area is 117 Å². The average Bonchev–Trinajstić information content (AvgIpc) is 2.45. The van der Waals surface area contributed by atoms with E-state index in [0.717, 1.165) is 25.4 Å². The smallest absolute Gasteiger partial charge is 0.325 e. The van der Waals surface area contributed by atoms with Crippen molar-refractivity contribution in [2.24, 2.45) is 5.92 Å². The van der Waals surface area contributed by atoms with Gasteiger partial charge in [-0.3, -0.25) is 4.79 Å². The predicted octanol–water partition coefficient (Wildman–Crippen LogP) is 2.04. The summed E-state index contributed by atoms with van der Waals surface area (Å²) in [5, 5.41) is 3.27. The van der Waals surface area contributed by atoms with Crippen LogP contribution in [0.25, 0.3) is 0 Å². The quantitative estimate of drug-likeness (QED) is 0.719. The van der Waals surface area contributed by atoms with Crippen molar-refractivity contribution in [2.75, 3.05) is 33.3 Å². The topological polar surface area (TPSA) is 41.6 Å². The third kappa shape index (κ3) is 4.77. The summed E-state index contributed by atoms with van der Waals surface area (Å²) in [5.41, 5.74) is -0.550. The van der Waals surface area contributed by atoms with E-state index in [2.05, 4.69) is 17.1 Å². The van der Waals surface area contributed by atoms with E-state index in [4.69, 9.17) is 4.74 Å². The number of likely N-dealkylation sites (tertiary alicyclic amines) is 1. The highest BCUT2D eigenvalue weighted by atomic mass is 16.5. The third-order valence-electron chi connectivity index (χ3n) is 4.42. The normalized spacial score (nSPS) is 21.1. The van der Waals surface area contributed by atoms with Crippen molar-refractivity contribution in [1.82, 2.24) is 10.2 Å². The number of nitrogens with one attached hydrogen (secondary N) is 1. The van der Waals surface area contributed by atoms with Crippen LogP contribution in [-0.2, 0) is 9.53 Å². The van der Waals surface area contributed by atoms with Crippen molar-refractivity contribution >= 4 is 5.97 Å². The van der Waals surface area contributed by atoms with Crippen molar-refractivity contribution in [3.63, 3.8) is 0 Å². The Morgan fingerprint density at radius 3 is 2.47 bits per heavy atom. The lowest BCUT2D eigenvalue weighted by atomic mass is 9.93. The van der Waals surface area contributed by atoms with Gasteiger partial charge in [0.15, 0.2) is 0 Å². The standard InChI is InChI=1S/C15H30N2O2/c1-5-13-7-10-17(11-8-13)12-9-15(3,16-6-2)14(18)19-4/h13,16H,5-12H2,1-4H3. The van der Waals surface area contributed by atoms with E-state index in [0.29, 0.717) is 0 Å². The summed E-state index contributed by atoms with van der Waals surface area (Å²) >= 11 is 0. The van der Waals surface area contributed by atoms with Gasteiger partial charge in [-0.25, -0.2) is 0 Å². The summed E-state index contributed by atoms with van der Waals surface area (Å²) in [6.45, 7) is 10.3. The molecule has 0 bridgehead atoms. The second kappa shape index (κ2) is 7.85. The van der Waals surface area contributed by atoms with Gasteiger partial charge in [0.1, 0.15) is 5.54 Å². The molecule has 0 aromatic rings. The van der Waals surface area contributed by atoms with E-state index < -0.39 is 5.54 Å². The number of rotatable bonds is 7. The highest BCUT2D eigenvalue weighted by Gasteiger charge is 2.33. The molecule has 0 saturated carbocycles. The van der Waals surface area contributed by atoms with Gasteiger partial charge in [-0.1, -0.05) is 20.3 Å². The maximum atomic E-state index is 11.9. The highest BCUT2D eigenvalue weighted by molar-refractivity contribution is 5.80. The molecule has 0 amide bonds. The summed E-state index contributed by atoms with van der Waals surface area (Å²) < 4.78 is 4.92. The molecule has 0 aromatic carbocycles. The van der Waals surface area contributed by atoms with Crippen LogP contribution in [0, 0.1) is 5.92 Å². The lowest BCUT2D eigenvalue weighted by molar-refractivity contribution is -0.148. The first-order valence-corrected chi connectivity index (χ1v) is 7.61. The summed E-state index contributed by atoms with van der Waals surface area (Å²) in [5.74, 6) is 0.745. The molecule has 1 saturated heterocycles. The number of esters is 1. The van der Waals surface area contributed by atoms with Gasteiger partial charge in [-0.2, -0.15) is 0 Å². The Morgan fingerprint density at radius 2 is 2.00 bits per heavy atom. The first-order chi connectivity index (χ1) is 9.05. The number of methoxy groups -OCH3 is 1. The fourth-order valence-electron chi connectivity index (χ4n) is 2.88. The van der Waals surface area contributed by atoms with Crippen LogP contribution in [0.4, 0.5) is 0 Å². The Balaban J connectivity index is 2.42. The molecule has 1 heterocycles. The molecule has 1 atom stereocenters. The zero-order valence-corrected chi connectivity index (χ0v) is 13.0. The van der Waals surface area contributed by atoms with Gasteiger partial charge >= 0.3 is 5.97 Å². The molecule has 1 rings (SSSR count). The second-order valence-corrected chi connectivity index (χ2v) is 5.80. The Bertz CT molecular complexity index is 275. The number of likely N-dealkylation sites (N-methyl/N-ethyl adjacent to an activating group) is 1. The van der Waals surface area contributed by atoms with Crippen LogP contribution in [0.3, 0.4) is 0 Å². The van der Waals surface area contributed by atoms with E-state index in [-0.39, 0.29) is 5.97 Å². The number of nitrogens with zero attached hydrogens (tertiary/aromatic N) is 1. The molecule has 19 heavy (non-hydrogen) atoms. The lowest BCUT2D eigenvalue weighted by Gasteiger charge is -2.34. The molecule has 1 aliphatic heterocycles. The maximum absolute atomic E-state index is 11.9. The Morgan fingerprint density at radius 1 is 1.37 bits per heavy atom. The van der Waals surface area contributed by atoms with Gasteiger partial charge in [0.25, 0.3) is 0 Å². The van der Waals surface area contributed by atoms with Gasteiger partial charge in [-0.15, -0.1) is 0 Å². The molecule has 1 fully saturated rings. The largest absolute Gasteiger partial charge is 0.468 e. The van der Waals surface area contributed by atoms with Crippen LogP contribution in [-0.4, -0.2) is 49.7 Å². The SMILES string of the molecule is CCNC(C)(CCN1CCC(CC)CC1)C(=O)OC. The monoisotopic (exact) mass is 270 g/mol. The van der Waals surface area contributed by atoms with Crippen LogP contribution in [0.2, 0.25) is 0 Å². The number of hydrogen-bond acceptors (Lipinski definition) is 4. The summed E-state index contributed by atoms with van der Waals surface area (Å²) in [6, 6.07) is 0. The average molecular weight is 270 g/mol. The van der Waals surface area contributed by atoms with Crippen LogP contribution < -0.4 is 5.32 Å². The number of ether oxygens (including phenoxy) is 1. The Kier molecular flexibility index (Phi) is 6.80. The molecule has 0 radical (unpaired) electrons. The van der Waals surface area contributed by atoms with Crippen molar-refractivity contribution in [3.05, 3.63) is 0 Å². The van der Waals surface area contributed by atoms with Gasteiger partial charge in [0, 0.05) is 6.54 Å². The van der Waals surface area contributed by atoms with E-state index in [1.165, 1.54) is 39.5 Å². The Hall–Kier alpha value is -0.610. The molecule has 1 aliphatic rings. The van der Waals surface area contributed by atoms with Crippen molar-refractivity contribution in [1.29, 1.82) is 0 Å². The summed E-state index contributed by atoms with van der Waals surface area (Å²) in [7, 11) is 1.46. The first-order valence-electron chi connectivity index (χ1n) is 7.61. The van der Waals surface area contributed by atoms with Crippen LogP contribution >= 0.6 is 0 Å². The van der Waals surface area contributed by atoms with Gasteiger partial charge in [0.2, 0.25) is 0 Å². The van der Waals surface area contributed by atoms with E-state index in [1.807, 2.05) is 13.8 Å². The van der Waals surface area contributed by atoms with Crippen molar-refractivity contribution < 1.29 is 9.53 Å². The maximum Gasteiger partial charge on any atom is 0.325 e. The second-order valence-electron chi connectivity index (χ2n) is 5.80. The molecule has 4 nitrogen and oxygen atoms in total. The third-order valence-corrected chi connectivity index (χ3v) is 4.42. The zero-order chi connectivity index (χ0) is 14.3. The van der Waals surface area contributed by atoms with Gasteiger partial charge < -0.3 is 15.0 Å². The molecule has 1 N–H and O–H groups in total. The number of hydrogen-bond donors (Lipinski definition) is 1. The molecular weight excluding hydrogens is 240 g/mol. The number of carbonyl (C=O) groups is 1. The van der Waals surface area contributed by atoms with Gasteiger partial charge in [-0.05, 0) is 51.7 Å².